The maximum absolute atomic E-state index is 12.3. The number of carbonyl (C=O) groups excluding carboxylic acids is 3. The molecule has 2 aromatic rings. The highest BCUT2D eigenvalue weighted by atomic mass is 32.1. The van der Waals surface area contributed by atoms with Crippen molar-refractivity contribution in [3.05, 3.63) is 35.2 Å². The topological polar surface area (TPSA) is 134 Å². The Morgan fingerprint density at radius 1 is 1.52 bits per heavy atom. The second-order valence-corrected chi connectivity index (χ2v) is 5.88. The molecule has 3 rings (SSSR count). The number of nitrogens with zero attached hydrogens (tertiary/aromatic N) is 4. The third-order valence-electron chi connectivity index (χ3n) is 3.37. The molecule has 1 aliphatic heterocycles. The van der Waals surface area contributed by atoms with Crippen LogP contribution in [0.1, 0.15) is 17.5 Å². The van der Waals surface area contributed by atoms with E-state index in [1.165, 1.54) is 12.5 Å². The summed E-state index contributed by atoms with van der Waals surface area (Å²) in [6, 6.07) is 1.10. The van der Waals surface area contributed by atoms with Crippen LogP contribution in [0.25, 0.3) is 0 Å². The third-order valence-corrected chi connectivity index (χ3v) is 4.07. The summed E-state index contributed by atoms with van der Waals surface area (Å²) in [4.78, 5) is 40.6. The second-order valence-electron chi connectivity index (χ2n) is 4.99. The highest BCUT2D eigenvalue weighted by Gasteiger charge is 2.34. The lowest BCUT2D eigenvalue weighted by molar-refractivity contribution is -0.109. The number of furan rings is 1. The van der Waals surface area contributed by atoms with E-state index >= 15 is 0 Å². The molecule has 1 atom stereocenters. The molecule has 1 saturated heterocycles. The van der Waals surface area contributed by atoms with Crippen molar-refractivity contribution in [2.75, 3.05) is 18.8 Å². The molecule has 10 nitrogen and oxygen atoms in total. The third kappa shape index (κ3) is 3.66. The van der Waals surface area contributed by atoms with Crippen molar-refractivity contribution >= 4 is 41.0 Å². The number of amides is 4. The normalized spacial score (nSPS) is 15.8. The van der Waals surface area contributed by atoms with Crippen LogP contribution in [0.2, 0.25) is 0 Å². The zero-order chi connectivity index (χ0) is 17.8. The summed E-state index contributed by atoms with van der Waals surface area (Å²) in [6.07, 6.45) is 3.39. The molecule has 0 saturated carbocycles. The van der Waals surface area contributed by atoms with Gasteiger partial charge in [-0.2, -0.15) is 5.10 Å². The molecule has 2 aromatic heterocycles. The predicted octanol–water partition coefficient (Wildman–Crippen LogP) is 1.04. The number of carbonyl (C=O) groups is 3. The van der Waals surface area contributed by atoms with Gasteiger partial charge in [-0.25, -0.2) is 24.5 Å². The number of hydrazone groups is 1. The maximum atomic E-state index is 12.3. The van der Waals surface area contributed by atoms with E-state index in [1.54, 1.807) is 17.5 Å². The van der Waals surface area contributed by atoms with Gasteiger partial charge in [-0.15, -0.1) is 11.3 Å². The molecule has 3 heterocycles. The minimum Gasteiger partial charge on any atom is -0.463 e. The van der Waals surface area contributed by atoms with Crippen molar-refractivity contribution < 1.29 is 18.8 Å². The molecule has 0 aromatic carbocycles. The van der Waals surface area contributed by atoms with Gasteiger partial charge in [-0.05, 0) is 12.1 Å². The number of aromatic nitrogens is 1. The highest BCUT2D eigenvalue weighted by molar-refractivity contribution is 7.13. The van der Waals surface area contributed by atoms with Crippen LogP contribution in [0.4, 0.5) is 14.7 Å². The second kappa shape index (κ2) is 7.13. The molecule has 0 aliphatic carbocycles. The molecule has 11 heteroatoms. The van der Waals surface area contributed by atoms with Crippen molar-refractivity contribution in [1.82, 2.24) is 20.2 Å². The van der Waals surface area contributed by atoms with E-state index in [4.69, 9.17) is 10.2 Å². The van der Waals surface area contributed by atoms with E-state index in [0.29, 0.717) is 17.7 Å². The number of hydrogen-bond donors (Lipinski definition) is 2. The van der Waals surface area contributed by atoms with Crippen LogP contribution in [-0.2, 0) is 4.79 Å². The van der Waals surface area contributed by atoms with Crippen molar-refractivity contribution in [2.45, 2.75) is 6.04 Å². The minimum atomic E-state index is -0.977. The summed E-state index contributed by atoms with van der Waals surface area (Å²) < 4.78 is 5.09. The van der Waals surface area contributed by atoms with Gasteiger partial charge in [0, 0.05) is 5.38 Å². The Balaban J connectivity index is 1.62. The fourth-order valence-corrected chi connectivity index (χ4v) is 2.74. The molecule has 0 radical (unpaired) electrons. The average molecular weight is 362 g/mol. The number of hydrogen-bond acceptors (Lipinski definition) is 8. The van der Waals surface area contributed by atoms with Crippen molar-refractivity contribution in [1.29, 1.82) is 0 Å². The number of nitrogen functional groups attached to an aromatic ring is 1. The Kier molecular flexibility index (Phi) is 4.75. The fourth-order valence-electron chi connectivity index (χ4n) is 2.14. The first-order valence-corrected chi connectivity index (χ1v) is 8.09. The van der Waals surface area contributed by atoms with Gasteiger partial charge in [0.2, 0.25) is 0 Å². The standard InChI is InChI=1S/C14H14N6O4S/c15-12-17-11(8-25-12)10(7-21)18-13(22)19-3-4-20(14(19)23)16-6-9-2-1-5-24-9/h1-2,5-8,10H,3-4H2,(H2,15,17)(H,18,22). The number of rotatable bonds is 5. The Morgan fingerprint density at radius 3 is 3.00 bits per heavy atom. The summed E-state index contributed by atoms with van der Waals surface area (Å²) in [5.41, 5.74) is 5.85. The number of thiazole rings is 1. The quantitative estimate of drug-likeness (QED) is 0.603. The van der Waals surface area contributed by atoms with Crippen LogP contribution in [0.5, 0.6) is 0 Å². The molecular weight excluding hydrogens is 348 g/mol. The van der Waals surface area contributed by atoms with Crippen LogP contribution in [0.15, 0.2) is 33.3 Å². The van der Waals surface area contributed by atoms with Crippen molar-refractivity contribution in [3.63, 3.8) is 0 Å². The number of anilines is 1. The lowest BCUT2D eigenvalue weighted by Gasteiger charge is -2.17. The first kappa shape index (κ1) is 16.6. The SMILES string of the molecule is Nc1nc(C(C=O)NC(=O)N2CCN(N=Cc3ccco3)C2=O)cs1. The Hall–Kier alpha value is -3.21. The van der Waals surface area contributed by atoms with Crippen LogP contribution >= 0.6 is 11.3 Å². The van der Waals surface area contributed by atoms with E-state index < -0.39 is 18.1 Å². The molecule has 4 amide bonds. The number of imide groups is 1. The molecule has 0 bridgehead atoms. The average Bonchev–Trinajstić information content (AvgIpc) is 3.32. The smallest absolute Gasteiger partial charge is 0.348 e. The zero-order valence-electron chi connectivity index (χ0n) is 12.9. The van der Waals surface area contributed by atoms with Crippen LogP contribution in [0.3, 0.4) is 0 Å². The molecule has 1 fully saturated rings. The molecular formula is C14H14N6O4S. The van der Waals surface area contributed by atoms with E-state index in [9.17, 15) is 14.4 Å². The largest absolute Gasteiger partial charge is 0.463 e. The lowest BCUT2D eigenvalue weighted by Crippen LogP contribution is -2.43. The van der Waals surface area contributed by atoms with Crippen molar-refractivity contribution in [3.8, 4) is 0 Å². The number of urea groups is 2. The molecule has 3 N–H and O–H groups in total. The Labute approximate surface area is 145 Å². The summed E-state index contributed by atoms with van der Waals surface area (Å²) in [5.74, 6) is 0.484. The van der Waals surface area contributed by atoms with E-state index in [1.807, 2.05) is 0 Å². The van der Waals surface area contributed by atoms with Gasteiger partial charge in [0.15, 0.2) is 5.13 Å². The van der Waals surface area contributed by atoms with Crippen LogP contribution in [-0.4, -0.2) is 52.5 Å². The van der Waals surface area contributed by atoms with Crippen LogP contribution in [0, 0.1) is 0 Å². The number of aldehydes is 1. The summed E-state index contributed by atoms with van der Waals surface area (Å²) in [6.45, 7) is 0.379. The summed E-state index contributed by atoms with van der Waals surface area (Å²) in [7, 11) is 0. The van der Waals surface area contributed by atoms with Gasteiger partial charge < -0.3 is 20.3 Å². The number of nitrogens with one attached hydrogen (secondary N) is 1. The molecule has 1 unspecified atom stereocenters. The zero-order valence-corrected chi connectivity index (χ0v) is 13.7. The van der Waals surface area contributed by atoms with Crippen LogP contribution < -0.4 is 11.1 Å². The molecule has 130 valence electrons. The minimum absolute atomic E-state index is 0.144. The van der Waals surface area contributed by atoms with E-state index in [2.05, 4.69) is 15.4 Å². The Morgan fingerprint density at radius 2 is 2.36 bits per heavy atom. The number of nitrogens with two attached hydrogens (primary N) is 1. The first-order valence-electron chi connectivity index (χ1n) is 7.21. The summed E-state index contributed by atoms with van der Waals surface area (Å²) >= 11 is 1.15. The van der Waals surface area contributed by atoms with Gasteiger partial charge in [-0.1, -0.05) is 0 Å². The van der Waals surface area contributed by atoms with Gasteiger partial charge in [0.05, 0.1) is 31.3 Å². The Bertz CT molecular complexity index is 802. The van der Waals surface area contributed by atoms with E-state index in [-0.39, 0.29) is 18.2 Å². The van der Waals surface area contributed by atoms with Gasteiger partial charge in [-0.3, -0.25) is 0 Å². The maximum Gasteiger partial charge on any atom is 0.348 e. The first-order chi connectivity index (χ1) is 12.1. The van der Waals surface area contributed by atoms with Gasteiger partial charge >= 0.3 is 12.1 Å². The molecule has 1 aliphatic rings. The predicted molar refractivity (Wildman–Crippen MR) is 89.0 cm³/mol. The van der Waals surface area contributed by atoms with Gasteiger partial charge in [0.25, 0.3) is 0 Å². The monoisotopic (exact) mass is 362 g/mol. The molecule has 0 spiro atoms. The van der Waals surface area contributed by atoms with E-state index in [0.717, 1.165) is 21.2 Å². The fraction of sp³-hybridized carbons (Fsp3) is 0.214. The highest BCUT2D eigenvalue weighted by Crippen LogP contribution is 2.18. The van der Waals surface area contributed by atoms with Crippen molar-refractivity contribution in [2.24, 2.45) is 5.10 Å². The molecule has 25 heavy (non-hydrogen) atoms. The summed E-state index contributed by atoms with van der Waals surface area (Å²) in [5, 5.41) is 9.43. The lowest BCUT2D eigenvalue weighted by atomic mass is 10.2. The van der Waals surface area contributed by atoms with Gasteiger partial charge in [0.1, 0.15) is 18.1 Å².